The van der Waals surface area contributed by atoms with Crippen molar-refractivity contribution in [2.75, 3.05) is 4.90 Å². The molecule has 2 aromatic rings. The van der Waals surface area contributed by atoms with Gasteiger partial charge in [0.1, 0.15) is 0 Å². The van der Waals surface area contributed by atoms with Crippen LogP contribution in [-0.4, -0.2) is 24.0 Å². The first-order chi connectivity index (χ1) is 14.2. The molecule has 0 spiro atoms. The van der Waals surface area contributed by atoms with Crippen molar-refractivity contribution in [2.45, 2.75) is 64.2 Å². The second-order valence-electron chi connectivity index (χ2n) is 7.71. The Bertz CT molecular complexity index is 904. The van der Waals surface area contributed by atoms with E-state index in [1.165, 1.54) is 23.5 Å². The van der Waals surface area contributed by atoms with Gasteiger partial charge in [-0.1, -0.05) is 31.4 Å². The van der Waals surface area contributed by atoms with Crippen molar-refractivity contribution in [3.05, 3.63) is 51.7 Å². The quantitative estimate of drug-likeness (QED) is 0.675. The summed E-state index contributed by atoms with van der Waals surface area (Å²) >= 11 is 1.22. The Labute approximate surface area is 178 Å². The van der Waals surface area contributed by atoms with Gasteiger partial charge in [0.25, 0.3) is 0 Å². The molecular formula is C22H25F3N2O2S. The fourth-order valence-electron chi connectivity index (χ4n) is 3.80. The Kier molecular flexibility index (Phi) is 6.85. The first kappa shape index (κ1) is 22.3. The van der Waals surface area contributed by atoms with Crippen LogP contribution in [0, 0.1) is 13.8 Å². The zero-order valence-corrected chi connectivity index (χ0v) is 17.8. The van der Waals surface area contributed by atoms with Crippen LogP contribution >= 0.6 is 11.3 Å². The third-order valence-corrected chi connectivity index (χ3v) is 6.28. The molecule has 1 aromatic carbocycles. The third-order valence-electron chi connectivity index (χ3n) is 5.23. The van der Waals surface area contributed by atoms with Crippen molar-refractivity contribution < 1.29 is 22.8 Å². The summed E-state index contributed by atoms with van der Waals surface area (Å²) in [5, 5.41) is 2.90. The molecule has 1 aliphatic rings. The topological polar surface area (TPSA) is 49.4 Å². The van der Waals surface area contributed by atoms with Crippen molar-refractivity contribution in [1.29, 1.82) is 0 Å². The Morgan fingerprint density at radius 2 is 1.80 bits per heavy atom. The summed E-state index contributed by atoms with van der Waals surface area (Å²) in [6, 6.07) is 8.12. The van der Waals surface area contributed by atoms with Crippen LogP contribution in [0.2, 0.25) is 0 Å². The lowest BCUT2D eigenvalue weighted by Crippen LogP contribution is -2.50. The second-order valence-corrected chi connectivity index (χ2v) is 9.03. The molecule has 162 valence electrons. The molecule has 1 atom stereocenters. The van der Waals surface area contributed by atoms with Gasteiger partial charge in [-0.15, -0.1) is 11.3 Å². The molecule has 3 rings (SSSR count). The number of amides is 2. The molecule has 0 unspecified atom stereocenters. The number of halogens is 3. The summed E-state index contributed by atoms with van der Waals surface area (Å²) < 4.78 is 40.7. The highest BCUT2D eigenvalue weighted by Crippen LogP contribution is 2.36. The molecule has 4 nitrogen and oxygen atoms in total. The van der Waals surface area contributed by atoms with Crippen molar-refractivity contribution >= 4 is 28.8 Å². The number of carbonyl (C=O) groups excluding carboxylic acids is 2. The first-order valence-electron chi connectivity index (χ1n) is 10.0. The highest BCUT2D eigenvalue weighted by Gasteiger charge is 2.48. The van der Waals surface area contributed by atoms with Crippen LogP contribution in [0.25, 0.3) is 0 Å². The molecule has 30 heavy (non-hydrogen) atoms. The maximum atomic E-state index is 13.6. The average molecular weight is 439 g/mol. The molecule has 1 aliphatic carbocycles. The predicted octanol–water partition coefficient (Wildman–Crippen LogP) is 5.45. The van der Waals surface area contributed by atoms with Crippen molar-refractivity contribution in [2.24, 2.45) is 0 Å². The van der Waals surface area contributed by atoms with Crippen LogP contribution in [0.15, 0.2) is 36.4 Å². The molecule has 0 radical (unpaired) electrons. The number of nitrogens with one attached hydrogen (secondary N) is 1. The summed E-state index contributed by atoms with van der Waals surface area (Å²) in [5.41, 5.74) is 0.744. The van der Waals surface area contributed by atoms with Crippen LogP contribution in [0.3, 0.4) is 0 Å². The van der Waals surface area contributed by atoms with E-state index in [0.29, 0.717) is 15.3 Å². The van der Waals surface area contributed by atoms with Gasteiger partial charge >= 0.3 is 12.1 Å². The number of nitrogens with zero attached hydrogens (tertiary/aromatic N) is 1. The predicted molar refractivity (Wildman–Crippen MR) is 112 cm³/mol. The summed E-state index contributed by atoms with van der Waals surface area (Å²) in [6.07, 6.45) is -0.506. The minimum Gasteiger partial charge on any atom is -0.351 e. The van der Waals surface area contributed by atoms with E-state index in [0.717, 1.165) is 37.0 Å². The normalized spacial score (nSPS) is 16.2. The summed E-state index contributed by atoms with van der Waals surface area (Å²) in [4.78, 5) is 27.7. The van der Waals surface area contributed by atoms with E-state index in [4.69, 9.17) is 0 Å². The summed E-state index contributed by atoms with van der Waals surface area (Å²) in [5.74, 6) is -2.63. The van der Waals surface area contributed by atoms with Crippen LogP contribution in [0.4, 0.5) is 18.9 Å². The van der Waals surface area contributed by atoms with E-state index in [1.54, 1.807) is 31.2 Å². The molecule has 0 bridgehead atoms. The van der Waals surface area contributed by atoms with E-state index in [1.807, 2.05) is 6.92 Å². The smallest absolute Gasteiger partial charge is 0.351 e. The Hall–Kier alpha value is -2.35. The number of thiophene rings is 1. The van der Waals surface area contributed by atoms with E-state index in [2.05, 4.69) is 5.32 Å². The second kappa shape index (κ2) is 9.20. The molecule has 1 heterocycles. The summed E-state index contributed by atoms with van der Waals surface area (Å²) in [6.45, 7) is 3.54. The van der Waals surface area contributed by atoms with Gasteiger partial charge in [-0.05, 0) is 56.5 Å². The number of aryl methyl sites for hydroxylation is 2. The van der Waals surface area contributed by atoms with Gasteiger partial charge < -0.3 is 5.32 Å². The van der Waals surface area contributed by atoms with Crippen molar-refractivity contribution in [1.82, 2.24) is 5.32 Å². The number of anilines is 1. The van der Waals surface area contributed by atoms with Gasteiger partial charge in [-0.2, -0.15) is 13.2 Å². The molecule has 1 saturated carbocycles. The highest BCUT2D eigenvalue weighted by atomic mass is 32.1. The molecule has 1 aromatic heterocycles. The lowest BCUT2D eigenvalue weighted by molar-refractivity contribution is -0.171. The third kappa shape index (κ3) is 5.22. The van der Waals surface area contributed by atoms with Gasteiger partial charge in [0, 0.05) is 21.5 Å². The monoisotopic (exact) mass is 438 g/mol. The van der Waals surface area contributed by atoms with Crippen molar-refractivity contribution in [3.8, 4) is 0 Å². The molecule has 2 amide bonds. The van der Waals surface area contributed by atoms with Gasteiger partial charge in [0.2, 0.25) is 5.91 Å². The van der Waals surface area contributed by atoms with Gasteiger partial charge in [-0.3, -0.25) is 14.5 Å². The van der Waals surface area contributed by atoms with Crippen LogP contribution in [-0.2, 0) is 9.59 Å². The van der Waals surface area contributed by atoms with Crippen LogP contribution < -0.4 is 10.2 Å². The fourth-order valence-corrected chi connectivity index (χ4v) is 4.77. The minimum atomic E-state index is -5.11. The van der Waals surface area contributed by atoms with Crippen molar-refractivity contribution in [3.63, 3.8) is 0 Å². The van der Waals surface area contributed by atoms with E-state index >= 15 is 0 Å². The number of hydrogen-bond donors (Lipinski definition) is 1. The molecule has 0 saturated heterocycles. The standard InChI is InChI=1S/C22H25F3N2O2S/c1-14-7-6-10-17(13-14)27(21(29)22(23,24)25)19(18-12-11-15(2)30-18)20(28)26-16-8-4-3-5-9-16/h6-7,10-13,16,19H,3-5,8-9H2,1-2H3,(H,26,28)/t19-/m1/s1. The molecule has 1 N–H and O–H groups in total. The van der Waals surface area contributed by atoms with Gasteiger partial charge in [0.05, 0.1) is 0 Å². The average Bonchev–Trinajstić information content (AvgIpc) is 3.11. The number of rotatable bonds is 5. The number of hydrogen-bond acceptors (Lipinski definition) is 3. The fraction of sp³-hybridized carbons (Fsp3) is 0.455. The number of benzene rings is 1. The first-order valence-corrected chi connectivity index (χ1v) is 10.8. The van der Waals surface area contributed by atoms with Gasteiger partial charge in [-0.25, -0.2) is 0 Å². The SMILES string of the molecule is Cc1cccc(N(C(=O)C(F)(F)F)[C@@H](C(=O)NC2CCCCC2)c2ccc(C)s2)c1. The minimum absolute atomic E-state index is 0.0483. The zero-order chi connectivity index (χ0) is 21.9. The lowest BCUT2D eigenvalue weighted by Gasteiger charge is -2.33. The molecule has 0 aliphatic heterocycles. The molecule has 1 fully saturated rings. The number of carbonyl (C=O) groups is 2. The van der Waals surface area contributed by atoms with Crippen LogP contribution in [0.5, 0.6) is 0 Å². The number of alkyl halides is 3. The van der Waals surface area contributed by atoms with E-state index in [9.17, 15) is 22.8 Å². The lowest BCUT2D eigenvalue weighted by atomic mass is 9.95. The molecule has 8 heteroatoms. The highest BCUT2D eigenvalue weighted by molar-refractivity contribution is 7.12. The molecular weight excluding hydrogens is 413 g/mol. The summed E-state index contributed by atoms with van der Waals surface area (Å²) in [7, 11) is 0. The Balaban J connectivity index is 2.06. The Morgan fingerprint density at radius 1 is 1.10 bits per heavy atom. The Morgan fingerprint density at radius 3 is 2.37 bits per heavy atom. The largest absolute Gasteiger partial charge is 0.471 e. The zero-order valence-electron chi connectivity index (χ0n) is 17.0. The maximum absolute atomic E-state index is 13.6. The van der Waals surface area contributed by atoms with Gasteiger partial charge in [0.15, 0.2) is 6.04 Å². The van der Waals surface area contributed by atoms with Crippen LogP contribution in [0.1, 0.15) is 53.5 Å². The maximum Gasteiger partial charge on any atom is 0.471 e. The van der Waals surface area contributed by atoms with E-state index < -0.39 is 24.0 Å². The van der Waals surface area contributed by atoms with E-state index in [-0.39, 0.29) is 11.7 Å².